The van der Waals surface area contributed by atoms with Gasteiger partial charge in [0.2, 0.25) is 10.0 Å². The molecule has 0 aromatic heterocycles. The maximum absolute atomic E-state index is 12.4. The first-order valence-electron chi connectivity index (χ1n) is 6.19. The van der Waals surface area contributed by atoms with Crippen LogP contribution in [0.2, 0.25) is 0 Å². The third-order valence-electron chi connectivity index (χ3n) is 5.40. The highest BCUT2D eigenvalue weighted by atomic mass is 127. The minimum absolute atomic E-state index is 0.0234. The second-order valence-electron chi connectivity index (χ2n) is 6.38. The Morgan fingerprint density at radius 3 is 2.38 bits per heavy atom. The van der Waals surface area contributed by atoms with Crippen molar-refractivity contribution in [2.24, 2.45) is 23.2 Å². The third kappa shape index (κ3) is 1.11. The van der Waals surface area contributed by atoms with E-state index in [1.54, 1.807) is 2.52 Å². The van der Waals surface area contributed by atoms with Crippen molar-refractivity contribution >= 4 is 32.9 Å². The lowest BCUT2D eigenvalue weighted by atomic mass is 9.49. The zero-order valence-corrected chi connectivity index (χ0v) is 12.1. The number of sulfonamides is 1. The van der Waals surface area contributed by atoms with Crippen molar-refractivity contribution in [1.82, 2.24) is 2.52 Å². The van der Waals surface area contributed by atoms with Crippen LogP contribution >= 0.6 is 22.9 Å². The number of hydrogen-bond donors (Lipinski definition) is 0. The molecular weight excluding hydrogens is 337 g/mol. The molecule has 0 radical (unpaired) electrons. The van der Waals surface area contributed by atoms with Crippen molar-refractivity contribution in [3.63, 3.8) is 0 Å². The van der Waals surface area contributed by atoms with Gasteiger partial charge in [0.1, 0.15) is 0 Å². The van der Waals surface area contributed by atoms with Gasteiger partial charge in [0.25, 0.3) is 0 Å². The Balaban J connectivity index is 1.87. The average Bonchev–Trinajstić information content (AvgIpc) is 2.31. The molecule has 0 N–H and O–H groups in total. The van der Waals surface area contributed by atoms with E-state index in [0.29, 0.717) is 5.92 Å². The van der Waals surface area contributed by atoms with Crippen LogP contribution in [0, 0.1) is 23.2 Å². The van der Waals surface area contributed by atoms with Crippen LogP contribution in [-0.2, 0) is 10.0 Å². The van der Waals surface area contributed by atoms with Crippen molar-refractivity contribution in [3.8, 4) is 0 Å². The minimum Gasteiger partial charge on any atom is -0.211 e. The van der Waals surface area contributed by atoms with Gasteiger partial charge in [-0.15, -0.1) is 2.52 Å². The molecule has 16 heavy (non-hydrogen) atoms. The smallest absolute Gasteiger partial charge is 0.211 e. The number of nitrogens with zero attached hydrogens (tertiary/aromatic N) is 1. The highest BCUT2D eigenvalue weighted by Gasteiger charge is 2.66. The van der Waals surface area contributed by atoms with Crippen LogP contribution in [-0.4, -0.2) is 22.7 Å². The van der Waals surface area contributed by atoms with E-state index in [-0.39, 0.29) is 10.7 Å². The molecule has 1 aliphatic heterocycles. The second kappa shape index (κ2) is 2.96. The van der Waals surface area contributed by atoms with Gasteiger partial charge in [-0.05, 0) is 49.9 Å². The van der Waals surface area contributed by atoms with Crippen LogP contribution in [0.4, 0.5) is 0 Å². The summed E-state index contributed by atoms with van der Waals surface area (Å²) >= 11 is 2.02. The van der Waals surface area contributed by atoms with Gasteiger partial charge in [-0.2, -0.15) is 0 Å². The van der Waals surface area contributed by atoms with E-state index >= 15 is 0 Å². The lowest BCUT2D eigenvalue weighted by molar-refractivity contribution is -0.0379. The van der Waals surface area contributed by atoms with Crippen molar-refractivity contribution in [3.05, 3.63) is 0 Å². The first kappa shape index (κ1) is 10.6. The molecule has 3 atom stereocenters. The van der Waals surface area contributed by atoms with Crippen molar-refractivity contribution in [1.29, 1.82) is 0 Å². The molecule has 4 bridgehead atoms. The van der Waals surface area contributed by atoms with Gasteiger partial charge in [-0.1, -0.05) is 0 Å². The largest absolute Gasteiger partial charge is 0.226 e. The van der Waals surface area contributed by atoms with Gasteiger partial charge in [0.15, 0.2) is 0 Å². The first-order valence-corrected chi connectivity index (χ1v) is 8.65. The zero-order valence-electron chi connectivity index (χ0n) is 9.10. The van der Waals surface area contributed by atoms with E-state index in [1.165, 1.54) is 32.1 Å². The Bertz CT molecular complexity index is 435. The van der Waals surface area contributed by atoms with Crippen LogP contribution in [0.1, 0.15) is 32.1 Å². The van der Waals surface area contributed by atoms with Crippen LogP contribution in [0.5, 0.6) is 0 Å². The Labute approximate surface area is 111 Å². The van der Waals surface area contributed by atoms with Crippen LogP contribution in [0.15, 0.2) is 0 Å². The van der Waals surface area contributed by atoms with Gasteiger partial charge in [-0.3, -0.25) is 0 Å². The Kier molecular flexibility index (Phi) is 1.95. The van der Waals surface area contributed by atoms with E-state index in [9.17, 15) is 8.42 Å². The summed E-state index contributed by atoms with van der Waals surface area (Å²) in [5.41, 5.74) is 0.148. The molecule has 3 nitrogen and oxygen atoms in total. The Hall–Kier alpha value is 0.640. The molecule has 5 fully saturated rings. The van der Waals surface area contributed by atoms with Gasteiger partial charge >= 0.3 is 0 Å². The van der Waals surface area contributed by atoms with E-state index in [1.807, 2.05) is 22.9 Å². The van der Waals surface area contributed by atoms with E-state index in [2.05, 4.69) is 0 Å². The highest BCUT2D eigenvalue weighted by molar-refractivity contribution is 14.1. The summed E-state index contributed by atoms with van der Waals surface area (Å²) in [6, 6.07) is 0. The summed E-state index contributed by atoms with van der Waals surface area (Å²) < 4.78 is 26.4. The summed E-state index contributed by atoms with van der Waals surface area (Å²) in [7, 11) is -2.98. The maximum Gasteiger partial charge on any atom is 0.226 e. The highest BCUT2D eigenvalue weighted by Crippen LogP contribution is 2.65. The summed E-state index contributed by atoms with van der Waals surface area (Å²) in [5, 5.41) is -0.0234. The second-order valence-corrected chi connectivity index (χ2v) is 10.2. The normalized spacial score (nSPS) is 57.8. The molecule has 3 unspecified atom stereocenters. The summed E-state index contributed by atoms with van der Waals surface area (Å²) in [6.07, 6.45) is 6.12. The molecule has 4 saturated carbocycles. The molecule has 0 amide bonds. The third-order valence-corrected chi connectivity index (χ3v) is 9.59. The number of halogens is 1. The summed E-state index contributed by atoms with van der Waals surface area (Å²) in [5.74, 6) is 2.16. The fourth-order valence-electron chi connectivity index (χ4n) is 5.40. The van der Waals surface area contributed by atoms with Crippen LogP contribution in [0.3, 0.4) is 0 Å². The quantitative estimate of drug-likeness (QED) is 0.495. The fraction of sp³-hybridized carbons (Fsp3) is 1.00. The maximum atomic E-state index is 12.4. The van der Waals surface area contributed by atoms with E-state index in [4.69, 9.17) is 0 Å². The molecule has 1 spiro atoms. The molecule has 0 aromatic carbocycles. The molecule has 5 aliphatic rings. The van der Waals surface area contributed by atoms with Gasteiger partial charge in [0.05, 0.1) is 5.25 Å². The molecule has 1 saturated heterocycles. The predicted molar refractivity (Wildman–Crippen MR) is 69.4 cm³/mol. The molecule has 90 valence electrons. The predicted octanol–water partition coefficient (Wildman–Crippen LogP) is 2.18. The molecule has 5 rings (SSSR count). The van der Waals surface area contributed by atoms with Gasteiger partial charge in [0, 0.05) is 34.8 Å². The molecule has 5 heteroatoms. The Morgan fingerprint density at radius 1 is 1.12 bits per heavy atom. The molecular formula is C11H16INO2S. The summed E-state index contributed by atoms with van der Waals surface area (Å²) in [6.45, 7) is 0.796. The fourth-order valence-corrected chi connectivity index (χ4v) is 9.11. The first-order chi connectivity index (χ1) is 7.51. The van der Waals surface area contributed by atoms with Gasteiger partial charge < -0.3 is 0 Å². The minimum atomic E-state index is -2.98. The number of rotatable bonds is 0. The zero-order chi connectivity index (χ0) is 11.1. The van der Waals surface area contributed by atoms with Gasteiger partial charge in [-0.25, -0.2) is 8.42 Å². The SMILES string of the molecule is O=S1(=O)C2C3CC4CC(C3)CC2(C4)CN1I. The van der Waals surface area contributed by atoms with Crippen molar-refractivity contribution in [2.45, 2.75) is 37.4 Å². The van der Waals surface area contributed by atoms with Crippen LogP contribution < -0.4 is 0 Å². The lowest BCUT2D eigenvalue weighted by Crippen LogP contribution is -2.56. The van der Waals surface area contributed by atoms with Crippen LogP contribution in [0.25, 0.3) is 0 Å². The Morgan fingerprint density at radius 2 is 1.75 bits per heavy atom. The summed E-state index contributed by atoms with van der Waals surface area (Å²) in [4.78, 5) is 0. The van der Waals surface area contributed by atoms with E-state index < -0.39 is 10.0 Å². The standard InChI is InChI=1S/C11H16INO2S/c12-13-6-11-4-7-1-8(5-11)3-9(2-7)10(11)16(13,14)15/h7-10H,1-6H2. The lowest BCUT2D eigenvalue weighted by Gasteiger charge is -2.57. The average molecular weight is 353 g/mol. The monoisotopic (exact) mass is 353 g/mol. The molecule has 1 heterocycles. The van der Waals surface area contributed by atoms with E-state index in [0.717, 1.165) is 18.4 Å². The topological polar surface area (TPSA) is 37.4 Å². The van der Waals surface area contributed by atoms with Crippen molar-refractivity contribution < 1.29 is 8.42 Å². The molecule has 4 aliphatic carbocycles. The number of hydrogen-bond acceptors (Lipinski definition) is 2. The van der Waals surface area contributed by atoms with Crippen molar-refractivity contribution in [2.75, 3.05) is 6.54 Å². The molecule has 0 aromatic rings.